The summed E-state index contributed by atoms with van der Waals surface area (Å²) in [6, 6.07) is 5.12. The van der Waals surface area contributed by atoms with Gasteiger partial charge in [0.25, 0.3) is 0 Å². The predicted octanol–water partition coefficient (Wildman–Crippen LogP) is 4.26. The maximum absolute atomic E-state index is 11.8. The van der Waals surface area contributed by atoms with Crippen LogP contribution in [0.2, 0.25) is 0 Å². The molecule has 0 saturated carbocycles. The van der Waals surface area contributed by atoms with Crippen molar-refractivity contribution >= 4 is 31.9 Å². The summed E-state index contributed by atoms with van der Waals surface area (Å²) >= 11 is 6.62. The Morgan fingerprint density at radius 1 is 1.24 bits per heavy atom. The van der Waals surface area contributed by atoms with Gasteiger partial charge in [-0.05, 0) is 23.8 Å². The number of hydrogen-bond donors (Lipinski definition) is 0. The maximum atomic E-state index is 11.8. The second-order valence-corrected chi connectivity index (χ2v) is 4.53. The molecule has 1 aromatic rings. The van der Waals surface area contributed by atoms with E-state index in [2.05, 4.69) is 36.6 Å². The third-order valence-electron chi connectivity index (χ3n) is 1.74. The van der Waals surface area contributed by atoms with Crippen molar-refractivity contribution in [3.8, 4) is 5.75 Å². The van der Waals surface area contributed by atoms with Crippen molar-refractivity contribution in [1.82, 2.24) is 0 Å². The first-order valence-corrected chi connectivity index (χ1v) is 6.45. The summed E-state index contributed by atoms with van der Waals surface area (Å²) in [7, 11) is 0. The van der Waals surface area contributed by atoms with Gasteiger partial charge in [0.1, 0.15) is 12.4 Å². The number of alkyl halides is 4. The largest absolute Gasteiger partial charge is 0.468 e. The molecule has 0 atom stereocenters. The first kappa shape index (κ1) is 14.8. The minimum absolute atomic E-state index is 0.428. The molecule has 1 aromatic carbocycles. The standard InChI is InChI=1S/C10H9Br2F3O2/c11-4-7-3-8(1-2-9(7)12)17-6-16-5-10(13,14)15/h1-3H,4-6H2. The van der Waals surface area contributed by atoms with Gasteiger partial charge in [-0.2, -0.15) is 13.2 Å². The predicted molar refractivity (Wildman–Crippen MR) is 64.3 cm³/mol. The summed E-state index contributed by atoms with van der Waals surface area (Å²) in [4.78, 5) is 0. The molecule has 0 heterocycles. The van der Waals surface area contributed by atoms with Crippen LogP contribution in [0.25, 0.3) is 0 Å². The highest BCUT2D eigenvalue weighted by atomic mass is 79.9. The van der Waals surface area contributed by atoms with Gasteiger partial charge in [-0.3, -0.25) is 0 Å². The number of rotatable bonds is 5. The normalized spacial score (nSPS) is 11.6. The van der Waals surface area contributed by atoms with E-state index in [9.17, 15) is 13.2 Å². The lowest BCUT2D eigenvalue weighted by atomic mass is 10.2. The van der Waals surface area contributed by atoms with Crippen molar-refractivity contribution in [2.75, 3.05) is 13.4 Å². The van der Waals surface area contributed by atoms with Crippen molar-refractivity contribution in [1.29, 1.82) is 0 Å². The Balaban J connectivity index is 2.42. The Labute approximate surface area is 113 Å². The summed E-state index contributed by atoms with van der Waals surface area (Å²) in [5.41, 5.74) is 0.943. The Hall–Kier alpha value is -0.270. The van der Waals surface area contributed by atoms with Crippen LogP contribution in [0.15, 0.2) is 22.7 Å². The van der Waals surface area contributed by atoms with Crippen LogP contribution in [-0.2, 0) is 10.1 Å². The summed E-state index contributed by atoms with van der Waals surface area (Å²) in [6.45, 7) is -1.74. The van der Waals surface area contributed by atoms with Crippen LogP contribution in [0.5, 0.6) is 5.75 Å². The molecule has 0 unspecified atom stereocenters. The number of ether oxygens (including phenoxy) is 2. The summed E-state index contributed by atoms with van der Waals surface area (Å²) in [5, 5.41) is 0.619. The van der Waals surface area contributed by atoms with Gasteiger partial charge in [0.05, 0.1) is 0 Å². The van der Waals surface area contributed by atoms with E-state index in [4.69, 9.17) is 4.74 Å². The van der Waals surface area contributed by atoms with Crippen LogP contribution in [-0.4, -0.2) is 19.6 Å². The van der Waals surface area contributed by atoms with E-state index in [0.29, 0.717) is 11.1 Å². The van der Waals surface area contributed by atoms with Gasteiger partial charge in [-0.25, -0.2) is 0 Å². The molecule has 0 aliphatic rings. The number of hydrogen-bond acceptors (Lipinski definition) is 2. The summed E-state index contributed by atoms with van der Waals surface area (Å²) < 4.78 is 45.6. The summed E-state index contributed by atoms with van der Waals surface area (Å²) in [5.74, 6) is 0.463. The van der Waals surface area contributed by atoms with Crippen molar-refractivity contribution in [3.63, 3.8) is 0 Å². The first-order chi connectivity index (χ1) is 7.92. The fourth-order valence-corrected chi connectivity index (χ4v) is 2.24. The molecular formula is C10H9Br2F3O2. The van der Waals surface area contributed by atoms with Crippen LogP contribution in [0.1, 0.15) is 5.56 Å². The first-order valence-electron chi connectivity index (χ1n) is 4.54. The van der Waals surface area contributed by atoms with Crippen molar-refractivity contribution in [2.24, 2.45) is 0 Å². The zero-order chi connectivity index (χ0) is 12.9. The van der Waals surface area contributed by atoms with E-state index in [-0.39, 0.29) is 0 Å². The van der Waals surface area contributed by atoms with Gasteiger partial charge in [-0.15, -0.1) is 0 Å². The fourth-order valence-electron chi connectivity index (χ4n) is 1.01. The quantitative estimate of drug-likeness (QED) is 0.433. The van der Waals surface area contributed by atoms with E-state index in [1.807, 2.05) is 0 Å². The van der Waals surface area contributed by atoms with E-state index in [0.717, 1.165) is 10.0 Å². The van der Waals surface area contributed by atoms with E-state index >= 15 is 0 Å². The molecule has 17 heavy (non-hydrogen) atoms. The highest BCUT2D eigenvalue weighted by Crippen LogP contribution is 2.24. The molecule has 0 amide bonds. The minimum Gasteiger partial charge on any atom is -0.468 e. The second-order valence-electron chi connectivity index (χ2n) is 3.11. The molecule has 0 spiro atoms. The lowest BCUT2D eigenvalue weighted by molar-refractivity contribution is -0.186. The van der Waals surface area contributed by atoms with E-state index < -0.39 is 19.6 Å². The molecule has 0 radical (unpaired) electrons. The molecule has 0 aliphatic carbocycles. The molecule has 0 bridgehead atoms. The molecule has 96 valence electrons. The highest BCUT2D eigenvalue weighted by molar-refractivity contribution is 9.10. The van der Waals surface area contributed by atoms with Crippen LogP contribution >= 0.6 is 31.9 Å². The van der Waals surface area contributed by atoms with Gasteiger partial charge in [0.2, 0.25) is 0 Å². The lowest BCUT2D eigenvalue weighted by Gasteiger charge is -2.10. The Morgan fingerprint density at radius 3 is 2.53 bits per heavy atom. The van der Waals surface area contributed by atoms with Gasteiger partial charge in [0.15, 0.2) is 6.79 Å². The summed E-state index contributed by atoms with van der Waals surface area (Å²) in [6.07, 6.45) is -4.33. The molecule has 1 rings (SSSR count). The lowest BCUT2D eigenvalue weighted by Crippen LogP contribution is -2.19. The molecule has 0 N–H and O–H groups in total. The highest BCUT2D eigenvalue weighted by Gasteiger charge is 2.27. The molecule has 2 nitrogen and oxygen atoms in total. The van der Waals surface area contributed by atoms with Crippen molar-refractivity contribution in [3.05, 3.63) is 28.2 Å². The molecular weight excluding hydrogens is 369 g/mol. The third kappa shape index (κ3) is 5.74. The molecule has 0 fully saturated rings. The number of benzene rings is 1. The van der Waals surface area contributed by atoms with Crippen LogP contribution in [0.4, 0.5) is 13.2 Å². The van der Waals surface area contributed by atoms with Crippen LogP contribution in [0, 0.1) is 0 Å². The average molecular weight is 378 g/mol. The van der Waals surface area contributed by atoms with Crippen molar-refractivity contribution < 1.29 is 22.6 Å². The van der Waals surface area contributed by atoms with Gasteiger partial charge >= 0.3 is 6.18 Å². The Morgan fingerprint density at radius 2 is 1.94 bits per heavy atom. The van der Waals surface area contributed by atoms with Gasteiger partial charge in [-0.1, -0.05) is 31.9 Å². The van der Waals surface area contributed by atoms with Crippen LogP contribution < -0.4 is 4.74 Å². The molecule has 0 saturated heterocycles. The zero-order valence-electron chi connectivity index (χ0n) is 8.56. The second kappa shape index (κ2) is 6.61. The Bertz CT molecular complexity index is 369. The molecule has 0 aliphatic heterocycles. The third-order valence-corrected chi connectivity index (χ3v) is 3.11. The topological polar surface area (TPSA) is 18.5 Å². The average Bonchev–Trinajstić information content (AvgIpc) is 2.25. The molecule has 0 aromatic heterocycles. The fraction of sp³-hybridized carbons (Fsp3) is 0.400. The monoisotopic (exact) mass is 376 g/mol. The van der Waals surface area contributed by atoms with Crippen molar-refractivity contribution in [2.45, 2.75) is 11.5 Å². The molecule has 7 heteroatoms. The SMILES string of the molecule is FC(F)(F)COCOc1ccc(Br)c(CBr)c1. The maximum Gasteiger partial charge on any atom is 0.411 e. The smallest absolute Gasteiger partial charge is 0.411 e. The van der Waals surface area contributed by atoms with E-state index in [1.165, 1.54) is 0 Å². The number of halogens is 5. The minimum atomic E-state index is -4.33. The van der Waals surface area contributed by atoms with Crippen LogP contribution in [0.3, 0.4) is 0 Å². The van der Waals surface area contributed by atoms with E-state index in [1.54, 1.807) is 18.2 Å². The van der Waals surface area contributed by atoms with Gasteiger partial charge in [0, 0.05) is 9.80 Å². The zero-order valence-corrected chi connectivity index (χ0v) is 11.7. The Kier molecular flexibility index (Phi) is 5.75. The van der Waals surface area contributed by atoms with Gasteiger partial charge < -0.3 is 9.47 Å².